The van der Waals surface area contributed by atoms with Crippen LogP contribution in [0, 0.1) is 0 Å². The highest BCUT2D eigenvalue weighted by atomic mass is 28.3. The van der Waals surface area contributed by atoms with Gasteiger partial charge < -0.3 is 14.5 Å². The van der Waals surface area contributed by atoms with Crippen LogP contribution in [0.1, 0.15) is 0 Å². The van der Waals surface area contributed by atoms with Crippen LogP contribution in [0.15, 0.2) is 176 Å². The van der Waals surface area contributed by atoms with E-state index in [4.69, 9.17) is 9.72 Å². The van der Waals surface area contributed by atoms with Gasteiger partial charge in [0.2, 0.25) is 0 Å². The molecule has 0 bridgehead atoms. The molecule has 2 aliphatic rings. The van der Waals surface area contributed by atoms with Crippen LogP contribution >= 0.6 is 0 Å². The number of fused-ring (bicyclic) bond motifs is 4. The van der Waals surface area contributed by atoms with Gasteiger partial charge in [0, 0.05) is 29.2 Å². The fraction of sp³-hybridized carbons (Fsp3) is 0.0238. The van der Waals surface area contributed by atoms with Crippen LogP contribution in [0.4, 0.5) is 22.7 Å². The molecule has 47 heavy (non-hydrogen) atoms. The Morgan fingerprint density at radius 1 is 0.489 bits per heavy atom. The van der Waals surface area contributed by atoms with Crippen LogP contribution in [0.3, 0.4) is 0 Å². The van der Waals surface area contributed by atoms with E-state index in [1.165, 1.54) is 37.8 Å². The molecule has 4 nitrogen and oxygen atoms in total. The van der Waals surface area contributed by atoms with Crippen molar-refractivity contribution in [3.05, 3.63) is 176 Å². The minimum Gasteiger partial charge on any atom is -0.457 e. The van der Waals surface area contributed by atoms with Crippen molar-refractivity contribution in [1.82, 2.24) is 4.98 Å². The maximum atomic E-state index is 6.65. The molecule has 0 unspecified atom stereocenters. The van der Waals surface area contributed by atoms with Crippen LogP contribution in [-0.2, 0) is 0 Å². The van der Waals surface area contributed by atoms with Gasteiger partial charge in [-0.1, -0.05) is 109 Å². The highest BCUT2D eigenvalue weighted by Gasteiger charge is 2.49. The fourth-order valence-corrected chi connectivity index (χ4v) is 12.5. The van der Waals surface area contributed by atoms with Crippen molar-refractivity contribution in [2.45, 2.75) is 0 Å². The van der Waals surface area contributed by atoms with Gasteiger partial charge in [-0.25, -0.2) is 0 Å². The highest BCUT2D eigenvalue weighted by Crippen LogP contribution is 2.44. The van der Waals surface area contributed by atoms with Crippen LogP contribution in [0.5, 0.6) is 11.5 Å². The van der Waals surface area contributed by atoms with E-state index in [2.05, 4.69) is 174 Å². The molecule has 224 valence electrons. The number of hydrogen-bond donors (Lipinski definition) is 0. The molecule has 0 fully saturated rings. The standard InChI is InChI=1S/C42H31N3OSi/c1-4-14-31(15-5-1)44-30-45(39-23-11-10-22-38(39)44)32-16-12-17-33(28-32)46-34-25-26-40-37(29-34)42-41(24-13-27-43-42)47(40,35-18-6-2-7-19-35)36-20-8-3-9-21-36/h1-29H,30H2. The minimum atomic E-state index is -2.57. The predicted molar refractivity (Wildman–Crippen MR) is 195 cm³/mol. The molecule has 7 aromatic rings. The van der Waals surface area contributed by atoms with Crippen LogP contribution in [-0.4, -0.2) is 19.7 Å². The first-order valence-corrected chi connectivity index (χ1v) is 18.0. The SMILES string of the molecule is c1ccc(N2CN(c3cccc(Oc4ccc5c(c4)-c4ncccc4[Si]5(c4ccccc4)c4ccccc4)c3)c3ccccc32)cc1. The lowest BCUT2D eigenvalue weighted by Gasteiger charge is -2.31. The van der Waals surface area contributed by atoms with Gasteiger partial charge in [-0.2, -0.15) is 0 Å². The van der Waals surface area contributed by atoms with E-state index in [9.17, 15) is 0 Å². The molecule has 0 radical (unpaired) electrons. The summed E-state index contributed by atoms with van der Waals surface area (Å²) >= 11 is 0. The molecular formula is C42H31N3OSi. The Labute approximate surface area is 275 Å². The lowest BCUT2D eigenvalue weighted by atomic mass is 10.1. The summed E-state index contributed by atoms with van der Waals surface area (Å²) < 4.78 is 6.65. The molecule has 3 heterocycles. The number of aromatic nitrogens is 1. The molecule has 0 spiro atoms. The number of hydrogen-bond acceptors (Lipinski definition) is 4. The Kier molecular flexibility index (Phi) is 6.51. The number of ether oxygens (including phenoxy) is 1. The van der Waals surface area contributed by atoms with E-state index in [0.29, 0.717) is 0 Å². The van der Waals surface area contributed by atoms with E-state index in [1.54, 1.807) is 0 Å². The van der Waals surface area contributed by atoms with Gasteiger partial charge in [-0.3, -0.25) is 4.98 Å². The number of para-hydroxylation sites is 3. The van der Waals surface area contributed by atoms with Crippen molar-refractivity contribution in [2.24, 2.45) is 0 Å². The smallest absolute Gasteiger partial charge is 0.182 e. The van der Waals surface area contributed by atoms with E-state index >= 15 is 0 Å². The summed E-state index contributed by atoms with van der Waals surface area (Å²) in [7, 11) is -2.57. The predicted octanol–water partition coefficient (Wildman–Crippen LogP) is 7.48. The molecule has 0 saturated heterocycles. The Hall–Kier alpha value is -5.91. The van der Waals surface area contributed by atoms with E-state index < -0.39 is 8.07 Å². The lowest BCUT2D eigenvalue weighted by molar-refractivity contribution is 0.483. The van der Waals surface area contributed by atoms with E-state index in [1.807, 2.05) is 12.3 Å². The van der Waals surface area contributed by atoms with Crippen LogP contribution in [0.25, 0.3) is 11.3 Å². The van der Waals surface area contributed by atoms with Gasteiger partial charge in [0.25, 0.3) is 0 Å². The molecular weight excluding hydrogens is 591 g/mol. The Morgan fingerprint density at radius 2 is 1.09 bits per heavy atom. The third-order valence-electron chi connectivity index (χ3n) is 9.45. The summed E-state index contributed by atoms with van der Waals surface area (Å²) in [6.07, 6.45) is 1.91. The molecule has 1 aromatic heterocycles. The Balaban J connectivity index is 1.10. The molecule has 0 atom stereocenters. The number of pyridine rings is 1. The van der Waals surface area contributed by atoms with Crippen molar-refractivity contribution in [2.75, 3.05) is 16.5 Å². The molecule has 0 aliphatic carbocycles. The normalized spacial score (nSPS) is 14.0. The second-order valence-corrected chi connectivity index (χ2v) is 15.7. The summed E-state index contributed by atoms with van der Waals surface area (Å²) in [5, 5.41) is 5.38. The molecule has 5 heteroatoms. The van der Waals surface area contributed by atoms with E-state index in [0.717, 1.165) is 35.1 Å². The van der Waals surface area contributed by atoms with Crippen molar-refractivity contribution in [3.63, 3.8) is 0 Å². The molecule has 9 rings (SSSR count). The second-order valence-electron chi connectivity index (χ2n) is 12.0. The highest BCUT2D eigenvalue weighted by molar-refractivity contribution is 7.22. The van der Waals surface area contributed by atoms with Gasteiger partial charge in [0.05, 0.1) is 17.1 Å². The second kappa shape index (κ2) is 11.2. The molecule has 0 N–H and O–H groups in total. The Bertz CT molecular complexity index is 2180. The Morgan fingerprint density at radius 3 is 1.79 bits per heavy atom. The average molecular weight is 622 g/mol. The first-order chi connectivity index (χ1) is 23.3. The van der Waals surface area contributed by atoms with Crippen molar-refractivity contribution >= 4 is 51.6 Å². The van der Waals surface area contributed by atoms with Gasteiger partial charge in [0.15, 0.2) is 8.07 Å². The summed E-state index contributed by atoms with van der Waals surface area (Å²) in [5.41, 5.74) is 6.83. The van der Waals surface area contributed by atoms with Gasteiger partial charge >= 0.3 is 0 Å². The molecule has 0 amide bonds. The number of benzene rings is 6. The monoisotopic (exact) mass is 621 g/mol. The number of rotatable bonds is 6. The van der Waals surface area contributed by atoms with Crippen molar-refractivity contribution < 1.29 is 4.74 Å². The summed E-state index contributed by atoms with van der Waals surface area (Å²) in [4.78, 5) is 9.68. The average Bonchev–Trinajstić information content (AvgIpc) is 3.67. The van der Waals surface area contributed by atoms with Crippen molar-refractivity contribution in [1.29, 1.82) is 0 Å². The lowest BCUT2D eigenvalue weighted by Crippen LogP contribution is -2.72. The third kappa shape index (κ3) is 4.39. The maximum absolute atomic E-state index is 6.65. The molecule has 2 aliphatic heterocycles. The maximum Gasteiger partial charge on any atom is 0.182 e. The van der Waals surface area contributed by atoms with Crippen LogP contribution in [0.2, 0.25) is 0 Å². The molecule has 0 saturated carbocycles. The fourth-order valence-electron chi connectivity index (χ4n) is 7.46. The van der Waals surface area contributed by atoms with Gasteiger partial charge in [-0.05, 0) is 75.3 Å². The molecule has 6 aromatic carbocycles. The first kappa shape index (κ1) is 27.4. The minimum absolute atomic E-state index is 0.722. The zero-order chi connectivity index (χ0) is 31.2. The van der Waals surface area contributed by atoms with E-state index in [-0.39, 0.29) is 0 Å². The summed E-state index contributed by atoms with van der Waals surface area (Å²) in [6, 6.07) is 60.5. The topological polar surface area (TPSA) is 28.6 Å². The number of nitrogens with zero attached hydrogens (tertiary/aromatic N) is 3. The zero-order valence-corrected chi connectivity index (χ0v) is 26.7. The van der Waals surface area contributed by atoms with Crippen LogP contribution < -0.4 is 35.3 Å². The van der Waals surface area contributed by atoms with Crippen molar-refractivity contribution in [3.8, 4) is 22.8 Å². The number of anilines is 4. The first-order valence-electron chi connectivity index (χ1n) is 16.0. The quantitative estimate of drug-likeness (QED) is 0.180. The van der Waals surface area contributed by atoms with Gasteiger partial charge in [0.1, 0.15) is 18.2 Å². The summed E-state index contributed by atoms with van der Waals surface area (Å²) in [6.45, 7) is 0.722. The third-order valence-corrected chi connectivity index (χ3v) is 14.3. The van der Waals surface area contributed by atoms with Gasteiger partial charge in [-0.15, -0.1) is 0 Å². The summed E-state index contributed by atoms with van der Waals surface area (Å²) in [5.74, 6) is 1.60. The largest absolute Gasteiger partial charge is 0.457 e. The zero-order valence-electron chi connectivity index (χ0n) is 25.7.